The van der Waals surface area contributed by atoms with E-state index in [4.69, 9.17) is 4.99 Å². The van der Waals surface area contributed by atoms with Gasteiger partial charge in [0.1, 0.15) is 12.4 Å². The van der Waals surface area contributed by atoms with Crippen molar-refractivity contribution in [2.24, 2.45) is 19.1 Å². The predicted octanol–water partition coefficient (Wildman–Crippen LogP) is 1.98. The molecule has 1 aliphatic rings. The van der Waals surface area contributed by atoms with Gasteiger partial charge in [-0.15, -0.1) is 10.2 Å². The van der Waals surface area contributed by atoms with Gasteiger partial charge in [-0.2, -0.15) is 0 Å². The molecule has 0 aliphatic heterocycles. The molecule has 1 saturated carbocycles. The average Bonchev–Trinajstić information content (AvgIpc) is 3.31. The largest absolute Gasteiger partial charge is 0.353 e. The van der Waals surface area contributed by atoms with Crippen LogP contribution >= 0.6 is 0 Å². The molecule has 2 aromatic heterocycles. The lowest BCUT2D eigenvalue weighted by Crippen LogP contribution is -2.43. The molecule has 136 valence electrons. The van der Waals surface area contributed by atoms with Crippen molar-refractivity contribution in [2.45, 2.75) is 51.7 Å². The highest BCUT2D eigenvalue weighted by molar-refractivity contribution is 5.80. The van der Waals surface area contributed by atoms with Gasteiger partial charge in [-0.1, -0.05) is 12.8 Å². The van der Waals surface area contributed by atoms with Gasteiger partial charge in [0, 0.05) is 39.1 Å². The minimum absolute atomic E-state index is 0.524. The zero-order chi connectivity index (χ0) is 17.8. The second-order valence-electron chi connectivity index (χ2n) is 6.95. The predicted molar refractivity (Wildman–Crippen MR) is 99.2 cm³/mol. The van der Waals surface area contributed by atoms with Crippen LogP contribution in [-0.2, 0) is 27.2 Å². The summed E-state index contributed by atoms with van der Waals surface area (Å²) in [5.41, 5.74) is 1.26. The van der Waals surface area contributed by atoms with Crippen LogP contribution in [0.15, 0.2) is 23.3 Å². The topological polar surface area (TPSA) is 63.3 Å². The van der Waals surface area contributed by atoms with Crippen LogP contribution in [0, 0.1) is 6.92 Å². The van der Waals surface area contributed by atoms with E-state index < -0.39 is 0 Å². The monoisotopic (exact) mass is 343 g/mol. The van der Waals surface area contributed by atoms with Crippen molar-refractivity contribution in [1.29, 1.82) is 0 Å². The zero-order valence-electron chi connectivity index (χ0n) is 15.7. The first-order chi connectivity index (χ1) is 12.0. The summed E-state index contributed by atoms with van der Waals surface area (Å²) >= 11 is 0. The number of hydrogen-bond donors (Lipinski definition) is 1. The normalized spacial score (nSPS) is 15.8. The molecule has 1 fully saturated rings. The Balaban J connectivity index is 1.74. The minimum atomic E-state index is 0.524. The lowest BCUT2D eigenvalue weighted by Gasteiger charge is -2.25. The maximum absolute atomic E-state index is 4.84. The number of nitrogens with zero attached hydrogens (tertiary/aromatic N) is 6. The van der Waals surface area contributed by atoms with Gasteiger partial charge in [-0.3, -0.25) is 0 Å². The second-order valence-corrected chi connectivity index (χ2v) is 6.95. The molecule has 2 heterocycles. The number of hydrogen-bond acceptors (Lipinski definition) is 3. The summed E-state index contributed by atoms with van der Waals surface area (Å²) in [6, 6.07) is 4.75. The number of aryl methyl sites for hydroxylation is 2. The molecule has 0 aromatic carbocycles. The van der Waals surface area contributed by atoms with Gasteiger partial charge in [0.2, 0.25) is 0 Å². The Bertz CT molecular complexity index is 722. The fourth-order valence-electron chi connectivity index (χ4n) is 3.24. The van der Waals surface area contributed by atoms with Crippen LogP contribution in [0.1, 0.15) is 43.0 Å². The Morgan fingerprint density at radius 1 is 1.32 bits per heavy atom. The maximum atomic E-state index is 4.84. The molecule has 0 amide bonds. The average molecular weight is 343 g/mol. The quantitative estimate of drug-likeness (QED) is 0.666. The van der Waals surface area contributed by atoms with E-state index in [2.05, 4.69) is 57.4 Å². The van der Waals surface area contributed by atoms with Crippen molar-refractivity contribution >= 4 is 5.96 Å². The molecule has 1 N–H and O–H groups in total. The standard InChI is InChI=1S/C18H29N7/c1-14-21-22-17(25(14)4)12-19-18(20-15-8-5-6-9-15)24(3)13-16-10-7-11-23(16)2/h7,10-11,15H,5-6,8-9,12-13H2,1-4H3,(H,19,20). The molecule has 25 heavy (non-hydrogen) atoms. The van der Waals surface area contributed by atoms with Crippen LogP contribution in [0.4, 0.5) is 0 Å². The maximum Gasteiger partial charge on any atom is 0.194 e. The molecule has 0 radical (unpaired) electrons. The summed E-state index contributed by atoms with van der Waals surface area (Å²) in [7, 11) is 6.15. The number of guanidine groups is 1. The Morgan fingerprint density at radius 2 is 2.08 bits per heavy atom. The van der Waals surface area contributed by atoms with E-state index in [-0.39, 0.29) is 0 Å². The third kappa shape index (κ3) is 4.21. The Labute approximate surface area is 149 Å². The number of nitrogens with one attached hydrogen (secondary N) is 1. The summed E-state index contributed by atoms with van der Waals surface area (Å²) in [5.74, 6) is 2.73. The molecule has 0 spiro atoms. The Morgan fingerprint density at radius 3 is 2.68 bits per heavy atom. The van der Waals surface area contributed by atoms with Gasteiger partial charge in [0.05, 0.1) is 6.54 Å². The lowest BCUT2D eigenvalue weighted by molar-refractivity contribution is 0.444. The van der Waals surface area contributed by atoms with Gasteiger partial charge in [0.15, 0.2) is 11.8 Å². The van der Waals surface area contributed by atoms with Crippen molar-refractivity contribution in [2.75, 3.05) is 7.05 Å². The highest BCUT2D eigenvalue weighted by Crippen LogP contribution is 2.18. The molecular formula is C18H29N7. The highest BCUT2D eigenvalue weighted by Gasteiger charge is 2.19. The van der Waals surface area contributed by atoms with E-state index in [1.165, 1.54) is 31.4 Å². The summed E-state index contributed by atoms with van der Waals surface area (Å²) in [5, 5.41) is 12.0. The van der Waals surface area contributed by atoms with E-state index in [0.717, 1.165) is 24.2 Å². The van der Waals surface area contributed by atoms with E-state index in [1.807, 2.05) is 18.5 Å². The molecule has 7 nitrogen and oxygen atoms in total. The first-order valence-corrected chi connectivity index (χ1v) is 9.02. The molecule has 0 bridgehead atoms. The van der Waals surface area contributed by atoms with Crippen molar-refractivity contribution < 1.29 is 0 Å². The number of aliphatic imine (C=N–C) groups is 1. The number of rotatable bonds is 5. The SMILES string of the molecule is Cc1nnc(CN=C(NC2CCCC2)N(C)Cc2cccn2C)n1C. The summed E-state index contributed by atoms with van der Waals surface area (Å²) in [6.07, 6.45) is 7.12. The summed E-state index contributed by atoms with van der Waals surface area (Å²) in [4.78, 5) is 7.03. The lowest BCUT2D eigenvalue weighted by atomic mass is 10.2. The molecule has 7 heteroatoms. The van der Waals surface area contributed by atoms with Crippen LogP contribution in [0.5, 0.6) is 0 Å². The van der Waals surface area contributed by atoms with Crippen molar-refractivity contribution in [1.82, 2.24) is 29.5 Å². The van der Waals surface area contributed by atoms with E-state index >= 15 is 0 Å². The molecule has 2 aromatic rings. The van der Waals surface area contributed by atoms with Gasteiger partial charge in [-0.25, -0.2) is 4.99 Å². The highest BCUT2D eigenvalue weighted by atomic mass is 15.3. The first kappa shape index (κ1) is 17.5. The summed E-state index contributed by atoms with van der Waals surface area (Å²) in [6.45, 7) is 3.31. The Hall–Kier alpha value is -2.31. The third-order valence-electron chi connectivity index (χ3n) is 5.05. The minimum Gasteiger partial charge on any atom is -0.353 e. The molecule has 1 aliphatic carbocycles. The fourth-order valence-corrected chi connectivity index (χ4v) is 3.24. The van der Waals surface area contributed by atoms with Gasteiger partial charge in [-0.05, 0) is 31.9 Å². The van der Waals surface area contributed by atoms with Crippen LogP contribution < -0.4 is 5.32 Å². The zero-order valence-corrected chi connectivity index (χ0v) is 15.7. The van der Waals surface area contributed by atoms with Gasteiger partial charge in [0.25, 0.3) is 0 Å². The van der Waals surface area contributed by atoms with Gasteiger partial charge >= 0.3 is 0 Å². The summed E-state index contributed by atoms with van der Waals surface area (Å²) < 4.78 is 4.14. The van der Waals surface area contributed by atoms with Gasteiger partial charge < -0.3 is 19.4 Å². The Kier molecular flexibility index (Phi) is 5.40. The smallest absolute Gasteiger partial charge is 0.194 e. The van der Waals surface area contributed by atoms with Crippen LogP contribution in [0.2, 0.25) is 0 Å². The molecule has 3 rings (SSSR count). The van der Waals surface area contributed by atoms with Crippen molar-refractivity contribution in [3.05, 3.63) is 35.7 Å². The first-order valence-electron chi connectivity index (χ1n) is 9.02. The molecular weight excluding hydrogens is 314 g/mol. The molecule has 0 saturated heterocycles. The molecule has 0 unspecified atom stereocenters. The van der Waals surface area contributed by atoms with Crippen LogP contribution in [0.25, 0.3) is 0 Å². The van der Waals surface area contributed by atoms with E-state index in [9.17, 15) is 0 Å². The molecule has 0 atom stereocenters. The fraction of sp³-hybridized carbons (Fsp3) is 0.611. The van der Waals surface area contributed by atoms with Crippen molar-refractivity contribution in [3.8, 4) is 0 Å². The third-order valence-corrected chi connectivity index (χ3v) is 5.05. The van der Waals surface area contributed by atoms with E-state index in [1.54, 1.807) is 0 Å². The number of aromatic nitrogens is 4. The van der Waals surface area contributed by atoms with Crippen LogP contribution in [0.3, 0.4) is 0 Å². The van der Waals surface area contributed by atoms with E-state index in [0.29, 0.717) is 12.6 Å². The van der Waals surface area contributed by atoms with Crippen molar-refractivity contribution in [3.63, 3.8) is 0 Å². The van der Waals surface area contributed by atoms with Crippen LogP contribution in [-0.4, -0.2) is 43.3 Å². The second kappa shape index (κ2) is 7.72.